The van der Waals surface area contributed by atoms with Gasteiger partial charge >= 0.3 is 0 Å². The molecule has 1 aromatic carbocycles. The first-order valence-corrected chi connectivity index (χ1v) is 10.5. The van der Waals surface area contributed by atoms with Gasteiger partial charge in [0.1, 0.15) is 11.9 Å². The molecule has 178 valence electrons. The van der Waals surface area contributed by atoms with Gasteiger partial charge in [0.2, 0.25) is 5.88 Å². The normalized spacial score (nSPS) is 14.7. The lowest BCUT2D eigenvalue weighted by atomic mass is 10.2. The minimum Gasteiger partial charge on any atom is -0.488 e. The number of nitrogens with zero attached hydrogens (tertiary/aromatic N) is 3. The second-order valence-electron chi connectivity index (χ2n) is 7.60. The van der Waals surface area contributed by atoms with Gasteiger partial charge in [-0.15, -0.1) is 0 Å². The molecule has 0 saturated heterocycles. The van der Waals surface area contributed by atoms with E-state index in [4.69, 9.17) is 9.47 Å². The number of amides is 1. The van der Waals surface area contributed by atoms with E-state index in [0.717, 1.165) is 12.4 Å². The summed E-state index contributed by atoms with van der Waals surface area (Å²) in [5.74, 6) is -2.44. The van der Waals surface area contributed by atoms with Crippen LogP contribution in [0.5, 0.6) is 11.6 Å². The van der Waals surface area contributed by atoms with Crippen molar-refractivity contribution in [3.63, 3.8) is 0 Å². The highest BCUT2D eigenvalue weighted by molar-refractivity contribution is 6.01. The SMILES string of the molecule is CNC(=O)c1c(Nc2cc(C3C=CC=CO3)[nH]n2)ncnc1Oc1cc(F)c2[nH]c(C)cc2c1F. The van der Waals surface area contributed by atoms with Gasteiger partial charge in [0.25, 0.3) is 5.91 Å². The monoisotopic (exact) mass is 479 g/mol. The molecule has 0 saturated carbocycles. The van der Waals surface area contributed by atoms with Crippen LogP contribution in [0.3, 0.4) is 0 Å². The van der Waals surface area contributed by atoms with Crippen molar-refractivity contribution in [1.29, 1.82) is 0 Å². The van der Waals surface area contributed by atoms with Crippen molar-refractivity contribution in [2.75, 3.05) is 12.4 Å². The number of halogens is 2. The van der Waals surface area contributed by atoms with E-state index in [0.29, 0.717) is 17.2 Å². The Morgan fingerprint density at radius 2 is 2.06 bits per heavy atom. The van der Waals surface area contributed by atoms with Crippen molar-refractivity contribution in [3.05, 3.63) is 77.6 Å². The molecule has 12 heteroatoms. The summed E-state index contributed by atoms with van der Waals surface area (Å²) in [6.45, 7) is 1.68. The molecule has 5 rings (SSSR count). The van der Waals surface area contributed by atoms with Crippen LogP contribution in [-0.2, 0) is 4.74 Å². The number of benzene rings is 1. The van der Waals surface area contributed by atoms with Crippen molar-refractivity contribution in [2.45, 2.75) is 13.0 Å². The van der Waals surface area contributed by atoms with Crippen LogP contribution in [0.2, 0.25) is 0 Å². The van der Waals surface area contributed by atoms with Gasteiger partial charge in [0.05, 0.1) is 17.5 Å². The molecule has 0 bridgehead atoms. The number of carbonyl (C=O) groups excluding carboxylic acids is 1. The third kappa shape index (κ3) is 4.16. The van der Waals surface area contributed by atoms with Crippen molar-refractivity contribution in [1.82, 2.24) is 30.5 Å². The van der Waals surface area contributed by atoms with Crippen LogP contribution in [0.15, 0.2) is 49.0 Å². The number of anilines is 2. The highest BCUT2D eigenvalue weighted by Gasteiger charge is 2.24. The minimum absolute atomic E-state index is 0.0178. The van der Waals surface area contributed by atoms with E-state index in [1.165, 1.54) is 13.1 Å². The van der Waals surface area contributed by atoms with E-state index < -0.39 is 23.3 Å². The number of aromatic amines is 2. The number of nitrogens with one attached hydrogen (secondary N) is 4. The highest BCUT2D eigenvalue weighted by atomic mass is 19.1. The Kier molecular flexibility index (Phi) is 5.61. The standard InChI is InChI=1S/C23H19F2N7O3/c1-11-7-12-19(25)16(8-13(24)20(12)29-11)35-23-18(22(33)26-2)21(27-10-28-23)30-17-9-14(31-32-17)15-5-3-4-6-34-15/h3-10,15,29H,1-2H3,(H,26,33)(H2,27,28,30,31,32). The number of H-pyrrole nitrogens is 2. The second-order valence-corrected chi connectivity index (χ2v) is 7.60. The van der Waals surface area contributed by atoms with Crippen molar-refractivity contribution in [2.24, 2.45) is 0 Å². The Morgan fingerprint density at radius 3 is 2.83 bits per heavy atom. The molecular formula is C23H19F2N7O3. The van der Waals surface area contributed by atoms with Gasteiger partial charge in [-0.25, -0.2) is 18.7 Å². The Labute approximate surface area is 197 Å². The molecule has 0 fully saturated rings. The van der Waals surface area contributed by atoms with Crippen molar-refractivity contribution >= 4 is 28.4 Å². The van der Waals surface area contributed by atoms with Gasteiger partial charge in [-0.05, 0) is 25.1 Å². The van der Waals surface area contributed by atoms with Gasteiger partial charge < -0.3 is 25.1 Å². The third-order valence-corrected chi connectivity index (χ3v) is 5.23. The molecule has 3 aromatic heterocycles. The summed E-state index contributed by atoms with van der Waals surface area (Å²) in [4.78, 5) is 23.6. The van der Waals surface area contributed by atoms with E-state index in [1.54, 1.807) is 25.3 Å². The largest absolute Gasteiger partial charge is 0.488 e. The molecule has 10 nitrogen and oxygen atoms in total. The van der Waals surface area contributed by atoms with Gasteiger partial charge in [0.15, 0.2) is 35.1 Å². The number of aryl methyl sites for hydroxylation is 1. The number of hydrogen-bond donors (Lipinski definition) is 4. The third-order valence-electron chi connectivity index (χ3n) is 5.23. The van der Waals surface area contributed by atoms with E-state index >= 15 is 4.39 Å². The molecule has 4 aromatic rings. The fourth-order valence-electron chi connectivity index (χ4n) is 3.61. The summed E-state index contributed by atoms with van der Waals surface area (Å²) in [5.41, 5.74) is 1.14. The molecule has 1 unspecified atom stereocenters. The molecule has 1 aliphatic rings. The number of hydrogen-bond acceptors (Lipinski definition) is 7. The Balaban J connectivity index is 1.49. The quantitative estimate of drug-likeness (QED) is 0.324. The summed E-state index contributed by atoms with van der Waals surface area (Å²) in [6.07, 6.45) is 7.77. The average molecular weight is 479 g/mol. The van der Waals surface area contributed by atoms with Gasteiger partial charge in [-0.3, -0.25) is 9.89 Å². The van der Waals surface area contributed by atoms with Crippen LogP contribution in [0.25, 0.3) is 10.9 Å². The minimum atomic E-state index is -0.798. The average Bonchev–Trinajstić information content (AvgIpc) is 3.50. The van der Waals surface area contributed by atoms with E-state index in [9.17, 15) is 9.18 Å². The fraction of sp³-hybridized carbons (Fsp3) is 0.130. The predicted molar refractivity (Wildman–Crippen MR) is 122 cm³/mol. The summed E-state index contributed by atoms with van der Waals surface area (Å²) < 4.78 is 40.7. The van der Waals surface area contributed by atoms with Gasteiger partial charge in [-0.1, -0.05) is 6.08 Å². The first-order chi connectivity index (χ1) is 16.9. The Bertz CT molecular complexity index is 1490. The maximum atomic E-state index is 15.1. The molecule has 4 N–H and O–H groups in total. The van der Waals surface area contributed by atoms with Crippen LogP contribution < -0.4 is 15.4 Å². The van der Waals surface area contributed by atoms with Crippen LogP contribution >= 0.6 is 0 Å². The maximum absolute atomic E-state index is 15.1. The van der Waals surface area contributed by atoms with Crippen molar-refractivity contribution < 1.29 is 23.0 Å². The number of rotatable bonds is 6. The number of fused-ring (bicyclic) bond motifs is 1. The molecular weight excluding hydrogens is 460 g/mol. The number of allylic oxidation sites excluding steroid dienone is 2. The zero-order valence-electron chi connectivity index (χ0n) is 18.5. The molecule has 0 aliphatic carbocycles. The predicted octanol–water partition coefficient (Wildman–Crippen LogP) is 4.30. The number of ether oxygens (including phenoxy) is 2. The first-order valence-electron chi connectivity index (χ1n) is 10.5. The smallest absolute Gasteiger partial charge is 0.260 e. The lowest BCUT2D eigenvalue weighted by Gasteiger charge is -2.14. The highest BCUT2D eigenvalue weighted by Crippen LogP contribution is 2.35. The maximum Gasteiger partial charge on any atom is 0.260 e. The number of carbonyl (C=O) groups is 1. The van der Waals surface area contributed by atoms with Crippen LogP contribution in [-0.4, -0.2) is 38.1 Å². The van der Waals surface area contributed by atoms with E-state index in [-0.39, 0.29) is 34.3 Å². The summed E-state index contributed by atoms with van der Waals surface area (Å²) in [5, 5.41) is 12.4. The lowest BCUT2D eigenvalue weighted by Crippen LogP contribution is -2.21. The molecule has 1 atom stereocenters. The lowest BCUT2D eigenvalue weighted by molar-refractivity contribution is 0.0960. The van der Waals surface area contributed by atoms with Gasteiger partial charge in [0, 0.05) is 30.3 Å². The molecule has 0 radical (unpaired) electrons. The van der Waals surface area contributed by atoms with E-state index in [2.05, 4.69) is 35.8 Å². The Morgan fingerprint density at radius 1 is 1.20 bits per heavy atom. The zero-order chi connectivity index (χ0) is 24.5. The Hall–Kier alpha value is -4.74. The molecule has 0 spiro atoms. The molecule has 4 heterocycles. The zero-order valence-corrected chi connectivity index (χ0v) is 18.5. The molecule has 35 heavy (non-hydrogen) atoms. The van der Waals surface area contributed by atoms with Gasteiger partial charge in [-0.2, -0.15) is 5.10 Å². The van der Waals surface area contributed by atoms with Crippen molar-refractivity contribution in [3.8, 4) is 11.6 Å². The first kappa shape index (κ1) is 22.1. The summed E-state index contributed by atoms with van der Waals surface area (Å²) >= 11 is 0. The second kappa shape index (κ2) is 8.89. The molecule has 1 aliphatic heterocycles. The van der Waals surface area contributed by atoms with E-state index in [1.807, 2.05) is 12.2 Å². The van der Waals surface area contributed by atoms with Crippen LogP contribution in [0.1, 0.15) is 27.8 Å². The van der Waals surface area contributed by atoms with Crippen LogP contribution in [0.4, 0.5) is 20.4 Å². The summed E-state index contributed by atoms with van der Waals surface area (Å²) in [7, 11) is 1.41. The topological polar surface area (TPSA) is 130 Å². The molecule has 1 amide bonds. The summed E-state index contributed by atoms with van der Waals surface area (Å²) in [6, 6.07) is 4.04. The van der Waals surface area contributed by atoms with Crippen LogP contribution in [0, 0.1) is 18.6 Å². The fourth-order valence-corrected chi connectivity index (χ4v) is 3.61. The number of aromatic nitrogens is 5.